The molecular formula is C21H25N5O2. The van der Waals surface area contributed by atoms with Gasteiger partial charge in [-0.2, -0.15) is 15.0 Å². The molecule has 1 atom stereocenters. The van der Waals surface area contributed by atoms with Crippen LogP contribution in [0, 0.1) is 13.8 Å². The third-order valence-electron chi connectivity index (χ3n) is 4.25. The maximum absolute atomic E-state index is 12.0. The van der Waals surface area contributed by atoms with Crippen molar-refractivity contribution in [3.05, 3.63) is 71.0 Å². The molecule has 0 radical (unpaired) electrons. The molecule has 7 heteroatoms. The van der Waals surface area contributed by atoms with E-state index in [-0.39, 0.29) is 18.6 Å². The molecule has 0 aliphatic heterocycles. The first-order valence-electron chi connectivity index (χ1n) is 9.20. The highest BCUT2D eigenvalue weighted by Gasteiger charge is 2.09. The van der Waals surface area contributed by atoms with Crippen LogP contribution < -0.4 is 10.6 Å². The zero-order valence-electron chi connectivity index (χ0n) is 16.3. The first-order chi connectivity index (χ1) is 13.4. The van der Waals surface area contributed by atoms with Crippen LogP contribution in [0.4, 0.5) is 5.69 Å². The Kier molecular flexibility index (Phi) is 6.06. The number of anilines is 1. The van der Waals surface area contributed by atoms with Crippen LogP contribution in [0.3, 0.4) is 0 Å². The van der Waals surface area contributed by atoms with Gasteiger partial charge in [0, 0.05) is 17.3 Å². The molecule has 1 aromatic heterocycles. The second-order valence-electron chi connectivity index (χ2n) is 6.96. The predicted octanol–water partition coefficient (Wildman–Crippen LogP) is 2.61. The van der Waals surface area contributed by atoms with E-state index in [0.717, 1.165) is 17.1 Å². The van der Waals surface area contributed by atoms with E-state index in [1.54, 1.807) is 30.0 Å². The topological polar surface area (TPSA) is 92.1 Å². The van der Waals surface area contributed by atoms with E-state index in [2.05, 4.69) is 40.7 Å². The monoisotopic (exact) mass is 379 g/mol. The van der Waals surface area contributed by atoms with Crippen LogP contribution in [0.25, 0.3) is 5.69 Å². The molecule has 0 aliphatic rings. The van der Waals surface area contributed by atoms with Crippen LogP contribution in [-0.2, 0) is 6.54 Å². The summed E-state index contributed by atoms with van der Waals surface area (Å²) in [7, 11) is 0. The van der Waals surface area contributed by atoms with Gasteiger partial charge in [-0.05, 0) is 68.3 Å². The SMILES string of the molecule is Cc1cc(C)cc(-n2ncc(CNc3ccc(C(=O)NC(C)CO)cc3)n2)c1. The third kappa shape index (κ3) is 4.95. The first kappa shape index (κ1) is 19.6. The minimum Gasteiger partial charge on any atom is -0.394 e. The zero-order valence-corrected chi connectivity index (χ0v) is 16.3. The Morgan fingerprint density at radius 1 is 1.14 bits per heavy atom. The van der Waals surface area contributed by atoms with Gasteiger partial charge in [0.1, 0.15) is 5.69 Å². The fraction of sp³-hybridized carbons (Fsp3) is 0.286. The highest BCUT2D eigenvalue weighted by atomic mass is 16.3. The Bertz CT molecular complexity index is 929. The van der Waals surface area contributed by atoms with Gasteiger partial charge >= 0.3 is 0 Å². The molecule has 0 saturated heterocycles. The molecule has 0 spiro atoms. The fourth-order valence-electron chi connectivity index (χ4n) is 2.85. The van der Waals surface area contributed by atoms with E-state index in [4.69, 9.17) is 5.11 Å². The molecule has 2 aromatic carbocycles. The highest BCUT2D eigenvalue weighted by Crippen LogP contribution is 2.14. The predicted molar refractivity (Wildman–Crippen MR) is 109 cm³/mol. The van der Waals surface area contributed by atoms with Gasteiger partial charge in [-0.1, -0.05) is 6.07 Å². The first-order valence-corrected chi connectivity index (χ1v) is 9.20. The summed E-state index contributed by atoms with van der Waals surface area (Å²) in [4.78, 5) is 13.7. The van der Waals surface area contributed by atoms with Gasteiger partial charge in [-0.15, -0.1) is 0 Å². The Morgan fingerprint density at radius 3 is 2.46 bits per heavy atom. The van der Waals surface area contributed by atoms with Crippen molar-refractivity contribution in [3.63, 3.8) is 0 Å². The summed E-state index contributed by atoms with van der Waals surface area (Å²) in [5, 5.41) is 23.9. The molecule has 1 heterocycles. The average Bonchev–Trinajstić information content (AvgIpc) is 3.15. The van der Waals surface area contributed by atoms with Gasteiger partial charge in [0.2, 0.25) is 0 Å². The van der Waals surface area contributed by atoms with Gasteiger partial charge in [0.05, 0.1) is 25.0 Å². The lowest BCUT2D eigenvalue weighted by Crippen LogP contribution is -2.34. The van der Waals surface area contributed by atoms with Gasteiger partial charge in [0.25, 0.3) is 5.91 Å². The van der Waals surface area contributed by atoms with Gasteiger partial charge in [-0.3, -0.25) is 4.79 Å². The number of nitrogens with zero attached hydrogens (tertiary/aromatic N) is 3. The van der Waals surface area contributed by atoms with Crippen molar-refractivity contribution in [2.24, 2.45) is 0 Å². The Balaban J connectivity index is 1.60. The second-order valence-corrected chi connectivity index (χ2v) is 6.96. The van der Waals surface area contributed by atoms with Crippen LogP contribution in [0.1, 0.15) is 34.1 Å². The number of carbonyl (C=O) groups excluding carboxylic acids is 1. The summed E-state index contributed by atoms with van der Waals surface area (Å²) in [6.07, 6.45) is 1.74. The second kappa shape index (κ2) is 8.67. The third-order valence-corrected chi connectivity index (χ3v) is 4.25. The van der Waals surface area contributed by atoms with Crippen LogP contribution in [-0.4, -0.2) is 38.7 Å². The maximum Gasteiger partial charge on any atom is 0.251 e. The van der Waals surface area contributed by atoms with Crippen molar-refractivity contribution in [2.75, 3.05) is 11.9 Å². The molecule has 7 nitrogen and oxygen atoms in total. The van der Waals surface area contributed by atoms with Gasteiger partial charge < -0.3 is 15.7 Å². The summed E-state index contributed by atoms with van der Waals surface area (Å²) >= 11 is 0. The molecule has 3 N–H and O–H groups in total. The van der Waals surface area contributed by atoms with E-state index in [9.17, 15) is 4.79 Å². The minimum absolute atomic E-state index is 0.0891. The molecule has 3 rings (SSSR count). The standard InChI is InChI=1S/C21H25N5O2/c1-14-8-15(2)10-20(9-14)26-23-12-19(25-26)11-22-18-6-4-17(5-7-18)21(28)24-16(3)13-27/h4-10,12,16,22,27H,11,13H2,1-3H3,(H,24,28). The number of rotatable bonds is 7. The number of amides is 1. The van der Waals surface area contributed by atoms with Crippen molar-refractivity contribution in [1.82, 2.24) is 20.3 Å². The maximum atomic E-state index is 12.0. The van der Waals surface area contributed by atoms with Gasteiger partial charge in [0.15, 0.2) is 0 Å². The summed E-state index contributed by atoms with van der Waals surface area (Å²) in [6, 6.07) is 13.1. The normalized spacial score (nSPS) is 11.9. The molecule has 28 heavy (non-hydrogen) atoms. The average molecular weight is 379 g/mol. The van der Waals surface area contributed by atoms with E-state index in [0.29, 0.717) is 12.1 Å². The molecule has 0 bridgehead atoms. The molecular weight excluding hydrogens is 354 g/mol. The lowest BCUT2D eigenvalue weighted by Gasteiger charge is -2.11. The highest BCUT2D eigenvalue weighted by molar-refractivity contribution is 5.94. The molecule has 3 aromatic rings. The van der Waals surface area contributed by atoms with E-state index in [1.165, 1.54) is 11.1 Å². The van der Waals surface area contributed by atoms with Gasteiger partial charge in [-0.25, -0.2) is 0 Å². The molecule has 0 aliphatic carbocycles. The molecule has 1 unspecified atom stereocenters. The van der Waals surface area contributed by atoms with Crippen molar-refractivity contribution in [3.8, 4) is 5.69 Å². The lowest BCUT2D eigenvalue weighted by atomic mass is 10.1. The van der Waals surface area contributed by atoms with Crippen molar-refractivity contribution >= 4 is 11.6 Å². The van der Waals surface area contributed by atoms with Crippen LogP contribution in [0.15, 0.2) is 48.7 Å². The number of aliphatic hydroxyl groups is 1. The van der Waals surface area contributed by atoms with Crippen LogP contribution in [0.2, 0.25) is 0 Å². The Labute approximate surface area is 164 Å². The summed E-state index contributed by atoms with van der Waals surface area (Å²) in [6.45, 7) is 6.29. The number of aliphatic hydroxyl groups excluding tert-OH is 1. The largest absolute Gasteiger partial charge is 0.394 e. The number of benzene rings is 2. The Hall–Kier alpha value is -3.19. The fourth-order valence-corrected chi connectivity index (χ4v) is 2.85. The number of carbonyl (C=O) groups is 1. The quantitative estimate of drug-likeness (QED) is 0.587. The minimum atomic E-state index is -0.273. The lowest BCUT2D eigenvalue weighted by molar-refractivity contribution is 0.0922. The number of aromatic nitrogens is 3. The van der Waals surface area contributed by atoms with E-state index < -0.39 is 0 Å². The smallest absolute Gasteiger partial charge is 0.251 e. The summed E-state index contributed by atoms with van der Waals surface area (Å²) < 4.78 is 0. The number of hydrogen-bond donors (Lipinski definition) is 3. The number of aryl methyl sites for hydroxylation is 2. The van der Waals surface area contributed by atoms with E-state index in [1.807, 2.05) is 24.3 Å². The van der Waals surface area contributed by atoms with Crippen molar-refractivity contribution in [2.45, 2.75) is 33.4 Å². The zero-order chi connectivity index (χ0) is 20.1. The van der Waals surface area contributed by atoms with Crippen molar-refractivity contribution in [1.29, 1.82) is 0 Å². The number of nitrogens with one attached hydrogen (secondary N) is 2. The van der Waals surface area contributed by atoms with Crippen molar-refractivity contribution < 1.29 is 9.90 Å². The molecule has 0 saturated carbocycles. The Morgan fingerprint density at radius 2 is 1.82 bits per heavy atom. The van der Waals surface area contributed by atoms with E-state index >= 15 is 0 Å². The molecule has 146 valence electrons. The summed E-state index contributed by atoms with van der Waals surface area (Å²) in [5.74, 6) is -0.204. The number of hydrogen-bond acceptors (Lipinski definition) is 5. The molecule has 1 amide bonds. The van der Waals surface area contributed by atoms with Crippen LogP contribution in [0.5, 0.6) is 0 Å². The van der Waals surface area contributed by atoms with Crippen LogP contribution >= 0.6 is 0 Å². The summed E-state index contributed by atoms with van der Waals surface area (Å²) in [5.41, 5.74) is 5.53. The molecule has 0 fully saturated rings.